The van der Waals surface area contributed by atoms with Crippen molar-refractivity contribution in [2.45, 2.75) is 32.7 Å². The summed E-state index contributed by atoms with van der Waals surface area (Å²) in [7, 11) is 1.63. The molecule has 0 aliphatic rings. The minimum absolute atomic E-state index is 0.248. The van der Waals surface area contributed by atoms with Crippen molar-refractivity contribution in [1.82, 2.24) is 5.32 Å². The van der Waals surface area contributed by atoms with E-state index >= 15 is 0 Å². The Bertz CT molecular complexity index is 363. The van der Waals surface area contributed by atoms with E-state index in [1.54, 1.807) is 7.11 Å². The number of benzene rings is 1. The van der Waals surface area contributed by atoms with Gasteiger partial charge in [-0.3, -0.25) is 4.79 Å². The standard InChI is InChI=1S/C14H21NO2/c1-4-15-11(2)8-13(16)9-12-6-5-7-14(10-12)17-3/h5-7,10-11,15H,4,8-9H2,1-3H3. The van der Waals surface area contributed by atoms with Gasteiger partial charge in [0.2, 0.25) is 0 Å². The number of methoxy groups -OCH3 is 1. The molecule has 0 bridgehead atoms. The van der Waals surface area contributed by atoms with E-state index in [-0.39, 0.29) is 11.8 Å². The molecule has 0 aromatic heterocycles. The topological polar surface area (TPSA) is 38.3 Å². The van der Waals surface area contributed by atoms with Gasteiger partial charge in [0.15, 0.2) is 0 Å². The summed E-state index contributed by atoms with van der Waals surface area (Å²) in [6, 6.07) is 7.91. The summed E-state index contributed by atoms with van der Waals surface area (Å²) >= 11 is 0. The monoisotopic (exact) mass is 235 g/mol. The number of carbonyl (C=O) groups is 1. The third-order valence-electron chi connectivity index (χ3n) is 2.62. The maximum Gasteiger partial charge on any atom is 0.138 e. The van der Waals surface area contributed by atoms with Gasteiger partial charge in [0, 0.05) is 18.9 Å². The smallest absolute Gasteiger partial charge is 0.138 e. The first kappa shape index (κ1) is 13.7. The molecule has 1 unspecified atom stereocenters. The average molecular weight is 235 g/mol. The summed E-state index contributed by atoms with van der Waals surface area (Å²) in [5, 5.41) is 3.24. The Balaban J connectivity index is 2.49. The number of ether oxygens (including phenoxy) is 1. The molecule has 0 spiro atoms. The van der Waals surface area contributed by atoms with Crippen LogP contribution in [0, 0.1) is 0 Å². The van der Waals surface area contributed by atoms with Gasteiger partial charge in [-0.05, 0) is 31.2 Å². The van der Waals surface area contributed by atoms with Gasteiger partial charge in [0.25, 0.3) is 0 Å². The first-order chi connectivity index (χ1) is 8.15. The van der Waals surface area contributed by atoms with Crippen LogP contribution in [-0.4, -0.2) is 25.5 Å². The highest BCUT2D eigenvalue weighted by atomic mass is 16.5. The number of rotatable bonds is 7. The van der Waals surface area contributed by atoms with Gasteiger partial charge in [0.05, 0.1) is 7.11 Å². The molecule has 0 aliphatic carbocycles. The molecule has 17 heavy (non-hydrogen) atoms. The highest BCUT2D eigenvalue weighted by Gasteiger charge is 2.09. The van der Waals surface area contributed by atoms with E-state index < -0.39 is 0 Å². The summed E-state index contributed by atoms with van der Waals surface area (Å²) in [4.78, 5) is 11.8. The van der Waals surface area contributed by atoms with Crippen molar-refractivity contribution in [2.24, 2.45) is 0 Å². The van der Waals surface area contributed by atoms with Gasteiger partial charge in [-0.25, -0.2) is 0 Å². The Morgan fingerprint density at radius 3 is 2.88 bits per heavy atom. The van der Waals surface area contributed by atoms with Crippen LogP contribution < -0.4 is 10.1 Å². The molecule has 3 nitrogen and oxygen atoms in total. The van der Waals surface area contributed by atoms with E-state index in [2.05, 4.69) is 5.32 Å². The first-order valence-corrected chi connectivity index (χ1v) is 6.03. The number of Topliss-reactive ketones (excluding diaryl/α,β-unsaturated/α-hetero) is 1. The van der Waals surface area contributed by atoms with E-state index in [4.69, 9.17) is 4.74 Å². The van der Waals surface area contributed by atoms with Crippen LogP contribution in [0.2, 0.25) is 0 Å². The van der Waals surface area contributed by atoms with Crippen LogP contribution in [0.5, 0.6) is 5.75 Å². The number of hydrogen-bond acceptors (Lipinski definition) is 3. The molecule has 1 rings (SSSR count). The van der Waals surface area contributed by atoms with Crippen molar-refractivity contribution in [3.8, 4) is 5.75 Å². The summed E-state index contributed by atoms with van der Waals surface area (Å²) in [5.74, 6) is 1.06. The minimum atomic E-state index is 0.248. The second-order valence-corrected chi connectivity index (χ2v) is 4.23. The second kappa shape index (κ2) is 7.07. The fraction of sp³-hybridized carbons (Fsp3) is 0.500. The lowest BCUT2D eigenvalue weighted by molar-refractivity contribution is -0.118. The van der Waals surface area contributed by atoms with Gasteiger partial charge in [-0.1, -0.05) is 19.1 Å². The van der Waals surface area contributed by atoms with E-state index in [0.29, 0.717) is 12.8 Å². The first-order valence-electron chi connectivity index (χ1n) is 6.03. The third kappa shape index (κ3) is 5.00. The minimum Gasteiger partial charge on any atom is -0.497 e. The Labute approximate surface area is 103 Å². The maximum atomic E-state index is 11.8. The van der Waals surface area contributed by atoms with Crippen molar-refractivity contribution in [3.05, 3.63) is 29.8 Å². The van der Waals surface area contributed by atoms with Crippen molar-refractivity contribution in [1.29, 1.82) is 0 Å². The van der Waals surface area contributed by atoms with Crippen LogP contribution >= 0.6 is 0 Å². The molecule has 3 heteroatoms. The molecule has 0 heterocycles. The van der Waals surface area contributed by atoms with Crippen LogP contribution in [-0.2, 0) is 11.2 Å². The van der Waals surface area contributed by atoms with Crippen LogP contribution in [0.1, 0.15) is 25.8 Å². The van der Waals surface area contributed by atoms with Crippen molar-refractivity contribution in [2.75, 3.05) is 13.7 Å². The van der Waals surface area contributed by atoms with E-state index in [0.717, 1.165) is 17.9 Å². The predicted octanol–water partition coefficient (Wildman–Crippen LogP) is 2.19. The van der Waals surface area contributed by atoms with E-state index in [1.165, 1.54) is 0 Å². The average Bonchev–Trinajstić information content (AvgIpc) is 2.29. The zero-order chi connectivity index (χ0) is 12.7. The summed E-state index contributed by atoms with van der Waals surface area (Å²) in [5.41, 5.74) is 1.01. The summed E-state index contributed by atoms with van der Waals surface area (Å²) < 4.78 is 5.13. The van der Waals surface area contributed by atoms with Crippen LogP contribution in [0.3, 0.4) is 0 Å². The zero-order valence-electron chi connectivity index (χ0n) is 10.8. The maximum absolute atomic E-state index is 11.8. The number of carbonyl (C=O) groups excluding carboxylic acids is 1. The molecule has 1 N–H and O–H groups in total. The lowest BCUT2D eigenvalue weighted by atomic mass is 10.0. The molecule has 0 fully saturated rings. The fourth-order valence-electron chi connectivity index (χ4n) is 1.84. The molecule has 0 amide bonds. The molecular formula is C14H21NO2. The van der Waals surface area contributed by atoms with Gasteiger partial charge in [-0.15, -0.1) is 0 Å². The molecule has 1 aromatic rings. The van der Waals surface area contributed by atoms with Gasteiger partial charge in [-0.2, -0.15) is 0 Å². The Morgan fingerprint density at radius 1 is 1.47 bits per heavy atom. The lowest BCUT2D eigenvalue weighted by Gasteiger charge is -2.11. The molecule has 94 valence electrons. The zero-order valence-corrected chi connectivity index (χ0v) is 10.8. The number of ketones is 1. The van der Waals surface area contributed by atoms with Crippen molar-refractivity contribution in [3.63, 3.8) is 0 Å². The fourth-order valence-corrected chi connectivity index (χ4v) is 1.84. The Morgan fingerprint density at radius 2 is 2.24 bits per heavy atom. The van der Waals surface area contributed by atoms with Crippen LogP contribution in [0.4, 0.5) is 0 Å². The molecule has 1 atom stereocenters. The van der Waals surface area contributed by atoms with E-state index in [9.17, 15) is 4.79 Å². The highest BCUT2D eigenvalue weighted by Crippen LogP contribution is 2.13. The molecule has 1 aromatic carbocycles. The normalized spacial score (nSPS) is 12.2. The highest BCUT2D eigenvalue weighted by molar-refractivity contribution is 5.81. The van der Waals surface area contributed by atoms with Crippen LogP contribution in [0.25, 0.3) is 0 Å². The Kier molecular flexibility index (Phi) is 5.70. The van der Waals surface area contributed by atoms with Gasteiger partial charge in [0.1, 0.15) is 11.5 Å². The predicted molar refractivity (Wildman–Crippen MR) is 69.5 cm³/mol. The van der Waals surface area contributed by atoms with Crippen molar-refractivity contribution < 1.29 is 9.53 Å². The Hall–Kier alpha value is -1.35. The number of hydrogen-bond donors (Lipinski definition) is 1. The van der Waals surface area contributed by atoms with E-state index in [1.807, 2.05) is 38.1 Å². The quantitative estimate of drug-likeness (QED) is 0.787. The molecular weight excluding hydrogens is 214 g/mol. The van der Waals surface area contributed by atoms with Crippen molar-refractivity contribution >= 4 is 5.78 Å². The molecule has 0 radical (unpaired) electrons. The van der Waals surface area contributed by atoms with Gasteiger partial charge >= 0.3 is 0 Å². The lowest BCUT2D eigenvalue weighted by Crippen LogP contribution is -2.28. The van der Waals surface area contributed by atoms with Gasteiger partial charge < -0.3 is 10.1 Å². The summed E-state index contributed by atoms with van der Waals surface area (Å²) in [6.07, 6.45) is 1.05. The largest absolute Gasteiger partial charge is 0.497 e. The summed E-state index contributed by atoms with van der Waals surface area (Å²) in [6.45, 7) is 4.98. The molecule has 0 aliphatic heterocycles. The third-order valence-corrected chi connectivity index (χ3v) is 2.62. The molecule has 0 saturated heterocycles. The molecule has 0 saturated carbocycles. The second-order valence-electron chi connectivity index (χ2n) is 4.23. The van der Waals surface area contributed by atoms with Crippen LogP contribution in [0.15, 0.2) is 24.3 Å². The SMILES string of the molecule is CCNC(C)CC(=O)Cc1cccc(OC)c1. The number of nitrogens with one attached hydrogen (secondary N) is 1.